The molecule has 2 aliphatic rings. The minimum atomic E-state index is -0.363. The van der Waals surface area contributed by atoms with Crippen molar-refractivity contribution in [2.75, 3.05) is 37.5 Å². The van der Waals surface area contributed by atoms with E-state index in [1.54, 1.807) is 13.3 Å². The molecule has 1 aromatic heterocycles. The number of aromatic nitrogens is 2. The molecule has 0 fully saturated rings. The van der Waals surface area contributed by atoms with Crippen LogP contribution in [0.15, 0.2) is 48.7 Å². The van der Waals surface area contributed by atoms with Crippen LogP contribution in [0.25, 0.3) is 0 Å². The third-order valence-corrected chi connectivity index (χ3v) is 6.49. The second kappa shape index (κ2) is 9.54. The zero-order valence-corrected chi connectivity index (χ0v) is 20.6. The Morgan fingerprint density at radius 2 is 2.00 bits per heavy atom. The van der Waals surface area contributed by atoms with Crippen LogP contribution in [0.1, 0.15) is 36.5 Å². The van der Waals surface area contributed by atoms with Crippen molar-refractivity contribution in [3.05, 3.63) is 65.4 Å². The van der Waals surface area contributed by atoms with E-state index in [4.69, 9.17) is 14.5 Å². The molecule has 1 N–H and O–H groups in total. The van der Waals surface area contributed by atoms with Gasteiger partial charge in [0.15, 0.2) is 0 Å². The number of carbonyl (C=O) groups excluding carboxylic acids is 1. The second-order valence-corrected chi connectivity index (χ2v) is 9.38. The minimum Gasteiger partial charge on any atom is -0.495 e. The Morgan fingerprint density at radius 1 is 1.17 bits per heavy atom. The average molecular weight is 474 g/mol. The normalized spacial score (nSPS) is 17.2. The van der Waals surface area contributed by atoms with E-state index in [0.29, 0.717) is 18.3 Å². The van der Waals surface area contributed by atoms with Crippen LogP contribution in [0, 0.1) is 0 Å². The molecule has 1 unspecified atom stereocenters. The van der Waals surface area contributed by atoms with Crippen LogP contribution in [-0.4, -0.2) is 54.2 Å². The van der Waals surface area contributed by atoms with Crippen molar-refractivity contribution in [1.82, 2.24) is 14.9 Å². The summed E-state index contributed by atoms with van der Waals surface area (Å²) >= 11 is 0. The number of anilines is 4. The molecule has 5 rings (SSSR count). The van der Waals surface area contributed by atoms with Gasteiger partial charge in [0.25, 0.3) is 0 Å². The quantitative estimate of drug-likeness (QED) is 0.528. The van der Waals surface area contributed by atoms with Gasteiger partial charge in [0, 0.05) is 31.5 Å². The molecule has 3 aromatic rings. The van der Waals surface area contributed by atoms with Gasteiger partial charge in [0.05, 0.1) is 18.9 Å². The van der Waals surface area contributed by atoms with Crippen molar-refractivity contribution in [2.24, 2.45) is 0 Å². The summed E-state index contributed by atoms with van der Waals surface area (Å²) in [5, 5.41) is 3.35. The highest BCUT2D eigenvalue weighted by atomic mass is 16.5. The highest BCUT2D eigenvalue weighted by Gasteiger charge is 2.36. The number of ether oxygens (including phenoxy) is 2. The van der Waals surface area contributed by atoms with Crippen molar-refractivity contribution in [2.45, 2.75) is 38.8 Å². The second-order valence-electron chi connectivity index (χ2n) is 9.38. The molecule has 8 nitrogen and oxygen atoms in total. The Labute approximate surface area is 205 Å². The van der Waals surface area contributed by atoms with Crippen molar-refractivity contribution in [1.29, 1.82) is 0 Å². The maximum absolute atomic E-state index is 12.8. The molecule has 0 spiro atoms. The van der Waals surface area contributed by atoms with Gasteiger partial charge in [-0.1, -0.05) is 18.2 Å². The van der Waals surface area contributed by atoms with Gasteiger partial charge in [0.1, 0.15) is 17.5 Å². The Kier molecular flexibility index (Phi) is 6.30. The number of hydrogen-bond donors (Lipinski definition) is 1. The lowest BCUT2D eigenvalue weighted by Gasteiger charge is -2.26. The molecule has 0 saturated carbocycles. The molecular formula is C27H31N5O3. The van der Waals surface area contributed by atoms with Crippen molar-refractivity contribution >= 4 is 29.1 Å². The first-order valence-corrected chi connectivity index (χ1v) is 12.0. The Morgan fingerprint density at radius 3 is 2.80 bits per heavy atom. The predicted octanol–water partition coefficient (Wildman–Crippen LogP) is 4.40. The highest BCUT2D eigenvalue weighted by Crippen LogP contribution is 2.41. The smallest absolute Gasteiger partial charge is 0.315 e. The Bertz CT molecular complexity index is 1250. The number of carbonyl (C=O) groups is 1. The van der Waals surface area contributed by atoms with Gasteiger partial charge >= 0.3 is 5.97 Å². The van der Waals surface area contributed by atoms with Gasteiger partial charge in [-0.3, -0.25) is 4.79 Å². The van der Waals surface area contributed by atoms with E-state index in [1.165, 1.54) is 11.1 Å². The van der Waals surface area contributed by atoms with E-state index in [9.17, 15) is 4.79 Å². The molecule has 0 amide bonds. The number of hydrogen-bond acceptors (Lipinski definition) is 8. The number of para-hydroxylation sites is 1. The SMILES string of the molecule is COc1cc2c(cc1Nc1nccc(N3CC(C(=O)OC(C)C)c4ccccc43)n1)CN(C)CC2. The van der Waals surface area contributed by atoms with Crippen molar-refractivity contribution in [3.8, 4) is 5.75 Å². The molecule has 3 heterocycles. The van der Waals surface area contributed by atoms with E-state index in [0.717, 1.165) is 42.2 Å². The topological polar surface area (TPSA) is 79.8 Å². The Hall–Kier alpha value is -3.65. The number of esters is 1. The summed E-state index contributed by atoms with van der Waals surface area (Å²) in [6.45, 7) is 6.14. The number of nitrogens with one attached hydrogen (secondary N) is 1. The van der Waals surface area contributed by atoms with Gasteiger partial charge in [-0.25, -0.2) is 4.98 Å². The summed E-state index contributed by atoms with van der Waals surface area (Å²) < 4.78 is 11.2. The van der Waals surface area contributed by atoms with E-state index >= 15 is 0 Å². The van der Waals surface area contributed by atoms with Crippen molar-refractivity contribution < 1.29 is 14.3 Å². The summed E-state index contributed by atoms with van der Waals surface area (Å²) in [5.74, 6) is 1.37. The predicted molar refractivity (Wildman–Crippen MR) is 136 cm³/mol. The monoisotopic (exact) mass is 473 g/mol. The van der Waals surface area contributed by atoms with Crippen molar-refractivity contribution in [3.63, 3.8) is 0 Å². The fraction of sp³-hybridized carbons (Fsp3) is 0.370. The molecule has 0 saturated heterocycles. The molecule has 35 heavy (non-hydrogen) atoms. The standard InChI is InChI=1S/C27H31N5O3/c1-17(2)35-26(33)21-16-32(23-8-6-5-7-20(21)23)25-9-11-28-27(30-25)29-22-13-19-15-31(3)12-10-18(19)14-24(22)34-4/h5-9,11,13-14,17,21H,10,12,15-16H2,1-4H3,(H,28,29,30). The van der Waals surface area contributed by atoms with Gasteiger partial charge in [-0.05, 0) is 68.3 Å². The van der Waals surface area contributed by atoms with Crippen LogP contribution >= 0.6 is 0 Å². The first-order valence-electron chi connectivity index (χ1n) is 12.0. The molecule has 182 valence electrons. The molecule has 0 aliphatic carbocycles. The van der Waals surface area contributed by atoms with Gasteiger partial charge < -0.3 is 24.6 Å². The zero-order chi connectivity index (χ0) is 24.5. The molecule has 8 heteroatoms. The van der Waals surface area contributed by atoms with Crippen LogP contribution in [0.4, 0.5) is 23.1 Å². The number of likely N-dealkylation sites (N-methyl/N-ethyl adjacent to an activating group) is 1. The Balaban J connectivity index is 1.43. The molecule has 2 aromatic carbocycles. The van der Waals surface area contributed by atoms with Crippen LogP contribution in [0.3, 0.4) is 0 Å². The summed E-state index contributed by atoms with van der Waals surface area (Å²) in [7, 11) is 3.81. The summed E-state index contributed by atoms with van der Waals surface area (Å²) in [4.78, 5) is 26.4. The van der Waals surface area contributed by atoms with Gasteiger partial charge in [-0.2, -0.15) is 4.98 Å². The van der Waals surface area contributed by atoms with E-state index in [1.807, 2.05) is 49.1 Å². The third kappa shape index (κ3) is 4.66. The van der Waals surface area contributed by atoms with Crippen LogP contribution in [0.5, 0.6) is 5.75 Å². The highest BCUT2D eigenvalue weighted by molar-refractivity contribution is 5.86. The summed E-state index contributed by atoms with van der Waals surface area (Å²) in [6, 6.07) is 14.0. The third-order valence-electron chi connectivity index (χ3n) is 6.49. The largest absolute Gasteiger partial charge is 0.495 e. The average Bonchev–Trinajstić information content (AvgIpc) is 3.23. The number of nitrogens with zero attached hydrogens (tertiary/aromatic N) is 4. The maximum atomic E-state index is 12.8. The molecule has 0 radical (unpaired) electrons. The van der Waals surface area contributed by atoms with Crippen LogP contribution < -0.4 is 15.0 Å². The summed E-state index contributed by atoms with van der Waals surface area (Å²) in [6.07, 6.45) is 2.57. The number of methoxy groups -OCH3 is 1. The number of rotatable bonds is 6. The van der Waals surface area contributed by atoms with E-state index in [-0.39, 0.29) is 18.0 Å². The molecule has 0 bridgehead atoms. The first kappa shape index (κ1) is 23.1. The lowest BCUT2D eigenvalue weighted by Crippen LogP contribution is -2.26. The van der Waals surface area contributed by atoms with Gasteiger partial charge in [-0.15, -0.1) is 0 Å². The fourth-order valence-corrected chi connectivity index (χ4v) is 4.81. The van der Waals surface area contributed by atoms with Crippen LogP contribution in [0.2, 0.25) is 0 Å². The zero-order valence-electron chi connectivity index (χ0n) is 20.6. The first-order chi connectivity index (χ1) is 16.9. The van der Waals surface area contributed by atoms with Crippen LogP contribution in [-0.2, 0) is 22.5 Å². The minimum absolute atomic E-state index is 0.162. The lowest BCUT2D eigenvalue weighted by atomic mass is 9.99. The van der Waals surface area contributed by atoms with E-state index in [2.05, 4.69) is 34.4 Å². The van der Waals surface area contributed by atoms with Gasteiger partial charge in [0.2, 0.25) is 5.95 Å². The molecule has 2 aliphatic heterocycles. The number of benzene rings is 2. The lowest BCUT2D eigenvalue weighted by molar-refractivity contribution is -0.148. The maximum Gasteiger partial charge on any atom is 0.315 e. The molecule has 1 atom stereocenters. The molecular weight excluding hydrogens is 442 g/mol. The summed E-state index contributed by atoms with van der Waals surface area (Å²) in [5.41, 5.74) is 5.33. The number of fused-ring (bicyclic) bond motifs is 2. The fourth-order valence-electron chi connectivity index (χ4n) is 4.81. The van der Waals surface area contributed by atoms with E-state index < -0.39 is 0 Å².